The number of carbonyl (C=O) groups is 3. The zero-order valence-corrected chi connectivity index (χ0v) is 22.9. The van der Waals surface area contributed by atoms with Gasteiger partial charge in [-0.25, -0.2) is 14.4 Å². The van der Waals surface area contributed by atoms with E-state index >= 15 is 0 Å². The number of aryl methyl sites for hydroxylation is 1. The molecule has 0 aliphatic heterocycles. The second kappa shape index (κ2) is 14.2. The number of amides is 4. The minimum atomic E-state index is -0.445. The van der Waals surface area contributed by atoms with Gasteiger partial charge in [-0.2, -0.15) is 0 Å². The minimum Gasteiger partial charge on any atom is -0.462 e. The fraction of sp³-hybridized carbons (Fsp3) is 0.156. The molecule has 4 aromatic rings. The number of benzene rings is 4. The first-order chi connectivity index (χ1) is 19.9. The van der Waals surface area contributed by atoms with Gasteiger partial charge in [0.25, 0.3) is 0 Å². The lowest BCUT2D eigenvalue weighted by Gasteiger charge is -2.24. The first-order valence-corrected chi connectivity index (χ1v) is 13.2. The summed E-state index contributed by atoms with van der Waals surface area (Å²) in [6, 6.07) is 29.7. The molecule has 210 valence electrons. The summed E-state index contributed by atoms with van der Waals surface area (Å²) in [7, 11) is 0. The molecule has 0 unspecified atom stereocenters. The van der Waals surface area contributed by atoms with Crippen molar-refractivity contribution in [2.24, 2.45) is 0 Å². The van der Waals surface area contributed by atoms with Gasteiger partial charge in [0.1, 0.15) is 11.5 Å². The van der Waals surface area contributed by atoms with E-state index < -0.39 is 12.0 Å². The molecular weight excluding hydrogens is 520 g/mol. The maximum Gasteiger partial charge on any atom is 0.338 e. The summed E-state index contributed by atoms with van der Waals surface area (Å²) >= 11 is 0. The Hall–Kier alpha value is -5.31. The van der Waals surface area contributed by atoms with Crippen molar-refractivity contribution >= 4 is 35.1 Å². The second-order valence-corrected chi connectivity index (χ2v) is 9.04. The Morgan fingerprint density at radius 3 is 2.15 bits per heavy atom. The molecule has 9 heteroatoms. The molecule has 0 aliphatic rings. The third kappa shape index (κ3) is 8.59. The van der Waals surface area contributed by atoms with Crippen molar-refractivity contribution in [3.8, 4) is 11.5 Å². The Bertz CT molecular complexity index is 1460. The molecule has 0 saturated carbocycles. The van der Waals surface area contributed by atoms with Gasteiger partial charge in [0.2, 0.25) is 0 Å². The van der Waals surface area contributed by atoms with E-state index in [9.17, 15) is 14.4 Å². The Morgan fingerprint density at radius 2 is 1.46 bits per heavy atom. The normalized spacial score (nSPS) is 10.3. The van der Waals surface area contributed by atoms with Crippen LogP contribution in [0.3, 0.4) is 0 Å². The van der Waals surface area contributed by atoms with Gasteiger partial charge < -0.3 is 25.4 Å². The lowest BCUT2D eigenvalue weighted by Crippen LogP contribution is -2.42. The first-order valence-electron chi connectivity index (χ1n) is 13.2. The smallest absolute Gasteiger partial charge is 0.338 e. The highest BCUT2D eigenvalue weighted by Gasteiger charge is 2.17. The predicted molar refractivity (Wildman–Crippen MR) is 160 cm³/mol. The first kappa shape index (κ1) is 28.7. The maximum atomic E-state index is 13.3. The van der Waals surface area contributed by atoms with Crippen LogP contribution < -0.4 is 25.6 Å². The van der Waals surface area contributed by atoms with Crippen LogP contribution in [0, 0.1) is 6.92 Å². The summed E-state index contributed by atoms with van der Waals surface area (Å²) in [5.41, 5.74) is 3.23. The second-order valence-electron chi connectivity index (χ2n) is 9.04. The Morgan fingerprint density at radius 1 is 0.756 bits per heavy atom. The van der Waals surface area contributed by atoms with Crippen LogP contribution >= 0.6 is 0 Å². The van der Waals surface area contributed by atoms with Crippen molar-refractivity contribution in [3.63, 3.8) is 0 Å². The summed E-state index contributed by atoms with van der Waals surface area (Å²) < 4.78 is 10.8. The van der Waals surface area contributed by atoms with E-state index in [4.69, 9.17) is 9.47 Å². The van der Waals surface area contributed by atoms with Crippen LogP contribution in [0.5, 0.6) is 11.5 Å². The molecule has 0 aromatic heterocycles. The van der Waals surface area contributed by atoms with E-state index in [0.717, 1.165) is 5.56 Å². The minimum absolute atomic E-state index is 0.177. The monoisotopic (exact) mass is 552 g/mol. The molecule has 0 fully saturated rings. The number of rotatable bonds is 10. The maximum absolute atomic E-state index is 13.3. The van der Waals surface area contributed by atoms with Crippen LogP contribution in [0.15, 0.2) is 103 Å². The van der Waals surface area contributed by atoms with E-state index in [1.165, 1.54) is 0 Å². The lowest BCUT2D eigenvalue weighted by molar-refractivity contribution is 0.0526. The fourth-order valence-corrected chi connectivity index (χ4v) is 3.94. The summed E-state index contributed by atoms with van der Waals surface area (Å²) in [6.45, 7) is 4.35. The average Bonchev–Trinajstić information content (AvgIpc) is 2.97. The van der Waals surface area contributed by atoms with Gasteiger partial charge in [-0.05, 0) is 92.2 Å². The van der Waals surface area contributed by atoms with Crippen molar-refractivity contribution in [2.45, 2.75) is 13.8 Å². The van der Waals surface area contributed by atoms with Gasteiger partial charge in [0, 0.05) is 30.2 Å². The summed E-state index contributed by atoms with van der Waals surface area (Å²) in [6.07, 6.45) is 0. The largest absolute Gasteiger partial charge is 0.462 e. The highest BCUT2D eigenvalue weighted by Crippen LogP contribution is 2.25. The predicted octanol–water partition coefficient (Wildman–Crippen LogP) is 6.82. The molecule has 4 amide bonds. The third-order valence-electron chi connectivity index (χ3n) is 5.92. The number of urea groups is 2. The van der Waals surface area contributed by atoms with E-state index in [0.29, 0.717) is 34.1 Å². The molecule has 3 N–H and O–H groups in total. The van der Waals surface area contributed by atoms with Crippen LogP contribution in [0.25, 0.3) is 0 Å². The zero-order chi connectivity index (χ0) is 29.0. The standard InChI is InChI=1S/C32H32N4O5/c1-3-40-30(37)24-12-14-25(15-13-24)34-31(38)33-20-21-36(32(39)35-26-9-7-8-23(2)22-26)27-16-18-29(19-17-27)41-28-10-5-4-6-11-28/h4-19,22H,3,20-21H2,1-2H3,(H,35,39)(H2,33,34,38). The number of anilines is 3. The molecule has 0 aliphatic carbocycles. The lowest BCUT2D eigenvalue weighted by atomic mass is 10.2. The van der Waals surface area contributed by atoms with Gasteiger partial charge in [0.05, 0.1) is 12.2 Å². The molecule has 0 radical (unpaired) electrons. The van der Waals surface area contributed by atoms with Gasteiger partial charge >= 0.3 is 18.0 Å². The van der Waals surface area contributed by atoms with Crippen molar-refractivity contribution < 1.29 is 23.9 Å². The van der Waals surface area contributed by atoms with E-state index in [2.05, 4.69) is 16.0 Å². The van der Waals surface area contributed by atoms with Crippen molar-refractivity contribution in [3.05, 3.63) is 114 Å². The molecule has 0 atom stereocenters. The molecule has 9 nitrogen and oxygen atoms in total. The number of carbonyl (C=O) groups excluding carboxylic acids is 3. The number of esters is 1. The summed E-state index contributed by atoms with van der Waals surface area (Å²) in [5, 5.41) is 8.42. The van der Waals surface area contributed by atoms with Gasteiger partial charge in [-0.1, -0.05) is 30.3 Å². The van der Waals surface area contributed by atoms with Crippen molar-refractivity contribution in [1.29, 1.82) is 0 Å². The highest BCUT2D eigenvalue weighted by molar-refractivity contribution is 6.02. The zero-order valence-electron chi connectivity index (χ0n) is 22.9. The van der Waals surface area contributed by atoms with Crippen LogP contribution in [0.2, 0.25) is 0 Å². The Kier molecular flexibility index (Phi) is 9.92. The molecule has 0 heterocycles. The SMILES string of the molecule is CCOC(=O)c1ccc(NC(=O)NCCN(C(=O)Nc2cccc(C)c2)c2ccc(Oc3ccccc3)cc2)cc1. The van der Waals surface area contributed by atoms with Crippen LogP contribution in [0.1, 0.15) is 22.8 Å². The molecule has 0 bridgehead atoms. The summed E-state index contributed by atoms with van der Waals surface area (Å²) in [5.74, 6) is 0.915. The quantitative estimate of drug-likeness (QED) is 0.187. The molecule has 0 saturated heterocycles. The van der Waals surface area contributed by atoms with Crippen LogP contribution in [0.4, 0.5) is 26.7 Å². The van der Waals surface area contributed by atoms with Gasteiger partial charge in [-0.15, -0.1) is 0 Å². The van der Waals surface area contributed by atoms with E-state index in [-0.39, 0.29) is 25.7 Å². The third-order valence-corrected chi connectivity index (χ3v) is 5.92. The fourth-order valence-electron chi connectivity index (χ4n) is 3.94. The van der Waals surface area contributed by atoms with Crippen molar-refractivity contribution in [1.82, 2.24) is 5.32 Å². The Labute approximate surface area is 239 Å². The molecular formula is C32H32N4O5. The van der Waals surface area contributed by atoms with Gasteiger partial charge in [0.15, 0.2) is 0 Å². The van der Waals surface area contributed by atoms with Crippen LogP contribution in [-0.4, -0.2) is 37.7 Å². The number of hydrogen-bond acceptors (Lipinski definition) is 5. The summed E-state index contributed by atoms with van der Waals surface area (Å²) in [4.78, 5) is 39.2. The molecule has 0 spiro atoms. The van der Waals surface area contributed by atoms with Gasteiger partial charge in [-0.3, -0.25) is 4.90 Å². The van der Waals surface area contributed by atoms with E-state index in [1.54, 1.807) is 60.4 Å². The number of hydrogen-bond donors (Lipinski definition) is 3. The molecule has 4 rings (SSSR count). The van der Waals surface area contributed by atoms with Crippen molar-refractivity contribution in [2.75, 3.05) is 35.2 Å². The van der Waals surface area contributed by atoms with E-state index in [1.807, 2.05) is 61.5 Å². The highest BCUT2D eigenvalue weighted by atomic mass is 16.5. The Balaban J connectivity index is 1.39. The molecule has 4 aromatic carbocycles. The number of para-hydroxylation sites is 1. The topological polar surface area (TPSA) is 109 Å². The number of nitrogens with zero attached hydrogens (tertiary/aromatic N) is 1. The number of ether oxygens (including phenoxy) is 2. The number of nitrogens with one attached hydrogen (secondary N) is 3. The van der Waals surface area contributed by atoms with Crippen LogP contribution in [-0.2, 0) is 4.74 Å². The average molecular weight is 553 g/mol. The molecule has 41 heavy (non-hydrogen) atoms.